The molecule has 0 fully saturated rings. The Morgan fingerprint density at radius 2 is 2.11 bits per heavy atom. The zero-order valence-corrected chi connectivity index (χ0v) is 11.3. The number of hydrogen-bond acceptors (Lipinski definition) is 3. The van der Waals surface area contributed by atoms with Crippen LogP contribution >= 0.6 is 11.3 Å². The number of rotatable bonds is 6. The Balaban J connectivity index is 2.00. The first-order valence-electron chi connectivity index (χ1n) is 6.24. The SMILES string of the molecule is CCCC(NCc1csc(=O)[nH]1)c1ccccc1. The van der Waals surface area contributed by atoms with Crippen LogP contribution in [0.4, 0.5) is 0 Å². The van der Waals surface area contributed by atoms with Gasteiger partial charge in [-0.05, 0) is 12.0 Å². The molecule has 1 atom stereocenters. The highest BCUT2D eigenvalue weighted by Crippen LogP contribution is 2.18. The van der Waals surface area contributed by atoms with Gasteiger partial charge in [0.25, 0.3) is 0 Å². The molecule has 0 bridgehead atoms. The third-order valence-corrected chi connectivity index (χ3v) is 3.61. The van der Waals surface area contributed by atoms with Crippen molar-refractivity contribution in [3.05, 3.63) is 56.6 Å². The van der Waals surface area contributed by atoms with Gasteiger partial charge < -0.3 is 10.3 Å². The second-order valence-electron chi connectivity index (χ2n) is 4.31. The molecule has 1 aromatic carbocycles. The lowest BCUT2D eigenvalue weighted by atomic mass is 10.0. The molecule has 2 aromatic rings. The summed E-state index contributed by atoms with van der Waals surface area (Å²) in [5.74, 6) is 0. The second kappa shape index (κ2) is 6.52. The van der Waals surface area contributed by atoms with E-state index in [0.29, 0.717) is 12.6 Å². The average Bonchev–Trinajstić information content (AvgIpc) is 2.81. The lowest BCUT2D eigenvalue weighted by molar-refractivity contribution is 0.490. The van der Waals surface area contributed by atoms with Crippen LogP contribution in [-0.2, 0) is 6.54 Å². The summed E-state index contributed by atoms with van der Waals surface area (Å²) in [5, 5.41) is 5.38. The fourth-order valence-corrected chi connectivity index (χ4v) is 2.58. The largest absolute Gasteiger partial charge is 0.315 e. The number of nitrogens with one attached hydrogen (secondary N) is 2. The maximum atomic E-state index is 11.1. The normalized spacial score (nSPS) is 12.5. The molecule has 18 heavy (non-hydrogen) atoms. The van der Waals surface area contributed by atoms with Crippen molar-refractivity contribution < 1.29 is 0 Å². The number of aromatic nitrogens is 1. The van der Waals surface area contributed by atoms with E-state index >= 15 is 0 Å². The maximum absolute atomic E-state index is 11.1. The molecule has 96 valence electrons. The molecule has 1 unspecified atom stereocenters. The van der Waals surface area contributed by atoms with Crippen LogP contribution in [-0.4, -0.2) is 4.98 Å². The fourth-order valence-electron chi connectivity index (χ4n) is 1.99. The molecule has 0 aliphatic carbocycles. The van der Waals surface area contributed by atoms with E-state index in [0.717, 1.165) is 18.5 Å². The first kappa shape index (κ1) is 13.1. The Bertz CT molecular complexity index is 518. The van der Waals surface area contributed by atoms with Gasteiger partial charge in [0.2, 0.25) is 0 Å². The van der Waals surface area contributed by atoms with Gasteiger partial charge in [-0.1, -0.05) is 55.0 Å². The molecule has 4 heteroatoms. The van der Waals surface area contributed by atoms with Gasteiger partial charge in [-0.3, -0.25) is 4.79 Å². The van der Waals surface area contributed by atoms with Gasteiger partial charge in [-0.15, -0.1) is 0 Å². The molecule has 0 saturated heterocycles. The molecule has 0 radical (unpaired) electrons. The van der Waals surface area contributed by atoms with Crippen molar-refractivity contribution in [3.8, 4) is 0 Å². The zero-order valence-electron chi connectivity index (χ0n) is 10.5. The fraction of sp³-hybridized carbons (Fsp3) is 0.357. The van der Waals surface area contributed by atoms with Crippen molar-refractivity contribution in [2.75, 3.05) is 0 Å². The number of hydrogen-bond donors (Lipinski definition) is 2. The van der Waals surface area contributed by atoms with Gasteiger partial charge in [0.05, 0.1) is 0 Å². The van der Waals surface area contributed by atoms with Crippen LogP contribution in [0, 0.1) is 0 Å². The summed E-state index contributed by atoms with van der Waals surface area (Å²) in [5.41, 5.74) is 2.26. The molecule has 3 nitrogen and oxygen atoms in total. The average molecular weight is 262 g/mol. The predicted molar refractivity (Wildman–Crippen MR) is 75.9 cm³/mol. The molecule has 0 amide bonds. The van der Waals surface area contributed by atoms with E-state index in [9.17, 15) is 4.79 Å². The van der Waals surface area contributed by atoms with Crippen LogP contribution in [0.25, 0.3) is 0 Å². The smallest absolute Gasteiger partial charge is 0.304 e. The highest BCUT2D eigenvalue weighted by molar-refractivity contribution is 7.07. The quantitative estimate of drug-likeness (QED) is 0.840. The summed E-state index contributed by atoms with van der Waals surface area (Å²) in [7, 11) is 0. The number of benzene rings is 1. The van der Waals surface area contributed by atoms with E-state index < -0.39 is 0 Å². The Hall–Kier alpha value is -1.39. The molecule has 2 N–H and O–H groups in total. The van der Waals surface area contributed by atoms with Gasteiger partial charge in [-0.2, -0.15) is 0 Å². The van der Waals surface area contributed by atoms with Gasteiger partial charge in [0.1, 0.15) is 0 Å². The molecular formula is C14H18N2OS. The Morgan fingerprint density at radius 1 is 1.33 bits per heavy atom. The van der Waals surface area contributed by atoms with Crippen LogP contribution in [0.5, 0.6) is 0 Å². The second-order valence-corrected chi connectivity index (χ2v) is 5.15. The van der Waals surface area contributed by atoms with Crippen LogP contribution < -0.4 is 10.2 Å². The predicted octanol–water partition coefficient (Wildman–Crippen LogP) is 3.07. The highest BCUT2D eigenvalue weighted by Gasteiger charge is 2.09. The van der Waals surface area contributed by atoms with Crippen molar-refractivity contribution in [1.82, 2.24) is 10.3 Å². The van der Waals surface area contributed by atoms with Crippen molar-refractivity contribution in [2.24, 2.45) is 0 Å². The van der Waals surface area contributed by atoms with Gasteiger partial charge in [-0.25, -0.2) is 0 Å². The molecule has 1 heterocycles. The third kappa shape index (κ3) is 3.55. The van der Waals surface area contributed by atoms with Gasteiger partial charge in [0.15, 0.2) is 0 Å². The Kier molecular flexibility index (Phi) is 4.73. The first-order valence-corrected chi connectivity index (χ1v) is 7.12. The molecule has 0 saturated carbocycles. The summed E-state index contributed by atoms with van der Waals surface area (Å²) < 4.78 is 0. The van der Waals surface area contributed by atoms with Crippen molar-refractivity contribution in [2.45, 2.75) is 32.4 Å². The maximum Gasteiger partial charge on any atom is 0.304 e. The minimum atomic E-state index is 0.0125. The minimum Gasteiger partial charge on any atom is -0.315 e. The van der Waals surface area contributed by atoms with Crippen LogP contribution in [0.2, 0.25) is 0 Å². The summed E-state index contributed by atoms with van der Waals surface area (Å²) >= 11 is 1.21. The topological polar surface area (TPSA) is 44.9 Å². The lowest BCUT2D eigenvalue weighted by Gasteiger charge is -2.18. The monoisotopic (exact) mass is 262 g/mol. The summed E-state index contributed by atoms with van der Waals surface area (Å²) in [6.07, 6.45) is 2.23. The number of aromatic amines is 1. The third-order valence-electron chi connectivity index (χ3n) is 2.89. The molecule has 0 aliphatic rings. The van der Waals surface area contributed by atoms with Crippen LogP contribution in [0.1, 0.15) is 37.1 Å². The summed E-state index contributed by atoms with van der Waals surface area (Å²) in [6, 6.07) is 10.8. The van der Waals surface area contributed by atoms with Crippen molar-refractivity contribution in [1.29, 1.82) is 0 Å². The lowest BCUT2D eigenvalue weighted by Crippen LogP contribution is -2.21. The van der Waals surface area contributed by atoms with Crippen molar-refractivity contribution >= 4 is 11.3 Å². The Morgan fingerprint density at radius 3 is 2.72 bits per heavy atom. The van der Waals surface area contributed by atoms with Gasteiger partial charge in [0, 0.05) is 23.7 Å². The molecular weight excluding hydrogens is 244 g/mol. The first-order chi connectivity index (χ1) is 8.79. The molecule has 1 aromatic heterocycles. The van der Waals surface area contributed by atoms with Crippen LogP contribution in [0.15, 0.2) is 40.5 Å². The van der Waals surface area contributed by atoms with E-state index in [1.807, 2.05) is 11.4 Å². The van der Waals surface area contributed by atoms with Crippen molar-refractivity contribution in [3.63, 3.8) is 0 Å². The summed E-state index contributed by atoms with van der Waals surface area (Å²) in [6.45, 7) is 2.89. The van der Waals surface area contributed by atoms with E-state index in [1.54, 1.807) is 0 Å². The Labute approximate surface area is 111 Å². The molecule has 2 rings (SSSR count). The standard InChI is InChI=1S/C14H18N2OS/c1-2-6-13(11-7-4-3-5-8-11)15-9-12-10-18-14(17)16-12/h3-5,7-8,10,13,15H,2,6,9H2,1H3,(H,16,17). The molecule has 0 aliphatic heterocycles. The zero-order chi connectivity index (χ0) is 12.8. The summed E-state index contributed by atoms with van der Waals surface area (Å²) in [4.78, 5) is 13.9. The van der Waals surface area contributed by atoms with E-state index in [4.69, 9.17) is 0 Å². The van der Waals surface area contributed by atoms with E-state index in [1.165, 1.54) is 16.9 Å². The van der Waals surface area contributed by atoms with E-state index in [-0.39, 0.29) is 4.87 Å². The van der Waals surface area contributed by atoms with Crippen LogP contribution in [0.3, 0.4) is 0 Å². The van der Waals surface area contributed by atoms with E-state index in [2.05, 4.69) is 41.5 Å². The van der Waals surface area contributed by atoms with Gasteiger partial charge >= 0.3 is 4.87 Å². The highest BCUT2D eigenvalue weighted by atomic mass is 32.1. The molecule has 0 spiro atoms. The minimum absolute atomic E-state index is 0.0125. The number of H-pyrrole nitrogens is 1. The number of thiazole rings is 1.